The van der Waals surface area contributed by atoms with Gasteiger partial charge in [-0.3, -0.25) is 9.69 Å². The third-order valence-electron chi connectivity index (χ3n) is 6.62. The Morgan fingerprint density at radius 1 is 0.886 bits per heavy atom. The van der Waals surface area contributed by atoms with E-state index in [1.165, 1.54) is 49.0 Å². The number of aryl methyl sites for hydroxylation is 2. The van der Waals surface area contributed by atoms with Gasteiger partial charge in [-0.2, -0.15) is 0 Å². The van der Waals surface area contributed by atoms with E-state index in [9.17, 15) is 4.79 Å². The normalized spacial score (nSPS) is 14.2. The lowest BCUT2D eigenvalue weighted by Crippen LogP contribution is -2.28. The second-order valence-corrected chi connectivity index (χ2v) is 9.35. The molecule has 1 fully saturated rings. The fourth-order valence-corrected chi connectivity index (χ4v) is 4.61. The molecule has 3 heterocycles. The van der Waals surface area contributed by atoms with Gasteiger partial charge in [0.1, 0.15) is 5.69 Å². The van der Waals surface area contributed by atoms with Crippen LogP contribution in [0, 0.1) is 6.92 Å². The minimum absolute atomic E-state index is 0.0997. The van der Waals surface area contributed by atoms with E-state index in [0.29, 0.717) is 24.3 Å². The van der Waals surface area contributed by atoms with Crippen LogP contribution in [0.25, 0.3) is 22.6 Å². The summed E-state index contributed by atoms with van der Waals surface area (Å²) in [5, 5.41) is 0. The number of carbonyl (C=O) groups excluding carboxylic acids is 1. The van der Waals surface area contributed by atoms with Crippen LogP contribution in [0.15, 0.2) is 77.3 Å². The van der Waals surface area contributed by atoms with Gasteiger partial charge < -0.3 is 4.42 Å². The van der Waals surface area contributed by atoms with Crippen LogP contribution in [0.4, 0.5) is 0 Å². The van der Waals surface area contributed by atoms with Gasteiger partial charge in [-0.1, -0.05) is 61.0 Å². The zero-order valence-corrected chi connectivity index (χ0v) is 20.2. The number of rotatable bonds is 8. The second-order valence-electron chi connectivity index (χ2n) is 9.35. The number of piperidine rings is 1. The van der Waals surface area contributed by atoms with E-state index in [0.717, 1.165) is 17.8 Å². The number of nitrogens with zero attached hydrogens (tertiary/aromatic N) is 3. The molecule has 1 saturated heterocycles. The Balaban J connectivity index is 1.16. The number of Topliss-reactive ketones (excluding diaryl/α,β-unsaturated/α-hetero) is 1. The molecule has 2 aromatic carbocycles. The summed E-state index contributed by atoms with van der Waals surface area (Å²) < 4.78 is 5.68. The summed E-state index contributed by atoms with van der Waals surface area (Å²) in [4.78, 5) is 23.8. The number of likely N-dealkylation sites (tertiary alicyclic amines) is 1. The Labute approximate surface area is 206 Å². The van der Waals surface area contributed by atoms with Crippen molar-refractivity contribution in [3.05, 3.63) is 95.6 Å². The molecule has 5 nitrogen and oxygen atoms in total. The van der Waals surface area contributed by atoms with Crippen molar-refractivity contribution in [1.29, 1.82) is 0 Å². The van der Waals surface area contributed by atoms with Crippen LogP contribution in [0.2, 0.25) is 0 Å². The first-order valence-electron chi connectivity index (χ1n) is 12.5. The molecule has 0 spiro atoms. The van der Waals surface area contributed by atoms with Crippen LogP contribution in [0.1, 0.15) is 53.2 Å². The maximum absolute atomic E-state index is 12.6. The highest BCUT2D eigenvalue weighted by atomic mass is 16.4. The van der Waals surface area contributed by atoms with Crippen molar-refractivity contribution < 1.29 is 9.21 Å². The van der Waals surface area contributed by atoms with Crippen molar-refractivity contribution in [3.8, 4) is 22.6 Å². The van der Waals surface area contributed by atoms with Gasteiger partial charge in [-0.25, -0.2) is 9.97 Å². The van der Waals surface area contributed by atoms with Crippen molar-refractivity contribution in [2.45, 2.75) is 45.6 Å². The van der Waals surface area contributed by atoms with Crippen LogP contribution < -0.4 is 0 Å². The predicted molar refractivity (Wildman–Crippen MR) is 138 cm³/mol. The molecule has 1 aliphatic heterocycles. The average Bonchev–Trinajstić information content (AvgIpc) is 3.40. The van der Waals surface area contributed by atoms with Gasteiger partial charge in [-0.15, -0.1) is 0 Å². The molecule has 35 heavy (non-hydrogen) atoms. The van der Waals surface area contributed by atoms with E-state index >= 15 is 0 Å². The number of carbonyl (C=O) groups is 1. The molecule has 0 saturated carbocycles. The molecule has 5 heteroatoms. The summed E-state index contributed by atoms with van der Waals surface area (Å²) in [7, 11) is 0. The summed E-state index contributed by atoms with van der Waals surface area (Å²) in [5.74, 6) is 0.560. The van der Waals surface area contributed by atoms with Crippen LogP contribution in [0.5, 0.6) is 0 Å². The second kappa shape index (κ2) is 10.8. The number of aromatic nitrogens is 2. The number of hydrogen-bond acceptors (Lipinski definition) is 5. The van der Waals surface area contributed by atoms with Gasteiger partial charge in [0.2, 0.25) is 5.78 Å². The summed E-state index contributed by atoms with van der Waals surface area (Å²) in [6, 6.07) is 23.1. The third kappa shape index (κ3) is 5.92. The Kier molecular flexibility index (Phi) is 7.15. The summed E-state index contributed by atoms with van der Waals surface area (Å²) >= 11 is 0. The smallest absolute Gasteiger partial charge is 0.263 e. The summed E-state index contributed by atoms with van der Waals surface area (Å²) in [6.07, 6.45) is 6.58. The van der Waals surface area contributed by atoms with Gasteiger partial charge >= 0.3 is 0 Å². The number of ketones is 1. The fourth-order valence-electron chi connectivity index (χ4n) is 4.61. The standard InChI is InChI=1S/C30H31N3O2/c1-22-6-5-7-27(32-22)29-20-31-30(35-29)28(34)17-12-23-8-13-25(14-9-23)26-15-10-24(11-16-26)21-33-18-3-2-4-19-33/h5-11,13-16,20H,2-4,12,17-19,21H2,1H3. The monoisotopic (exact) mass is 465 g/mol. The highest BCUT2D eigenvalue weighted by Gasteiger charge is 2.15. The lowest BCUT2D eigenvalue weighted by Gasteiger charge is -2.26. The molecule has 5 rings (SSSR count). The summed E-state index contributed by atoms with van der Waals surface area (Å²) in [5.41, 5.74) is 6.48. The summed E-state index contributed by atoms with van der Waals surface area (Å²) in [6.45, 7) is 5.39. The minimum Gasteiger partial charge on any atom is -0.432 e. The van der Waals surface area contributed by atoms with Crippen molar-refractivity contribution in [2.24, 2.45) is 0 Å². The van der Waals surface area contributed by atoms with Gasteiger partial charge in [0.05, 0.1) is 6.20 Å². The maximum Gasteiger partial charge on any atom is 0.263 e. The first-order valence-corrected chi connectivity index (χ1v) is 12.5. The zero-order chi connectivity index (χ0) is 24.0. The maximum atomic E-state index is 12.6. The molecular weight excluding hydrogens is 434 g/mol. The lowest BCUT2D eigenvalue weighted by molar-refractivity contribution is 0.0950. The van der Waals surface area contributed by atoms with Crippen LogP contribution in [-0.2, 0) is 13.0 Å². The molecule has 178 valence electrons. The van der Waals surface area contributed by atoms with E-state index < -0.39 is 0 Å². The Morgan fingerprint density at radius 2 is 1.57 bits per heavy atom. The van der Waals surface area contributed by atoms with Gasteiger partial charge in [0.15, 0.2) is 5.76 Å². The molecule has 1 aliphatic rings. The number of hydrogen-bond donors (Lipinski definition) is 0. The molecular formula is C30H31N3O2. The molecule has 0 bridgehead atoms. The molecule has 0 aliphatic carbocycles. The number of oxazole rings is 1. The van der Waals surface area contributed by atoms with E-state index in [1.807, 2.05) is 25.1 Å². The molecule has 0 radical (unpaired) electrons. The number of benzene rings is 2. The topological polar surface area (TPSA) is 59.2 Å². The Hall–Kier alpha value is -3.57. The van der Waals surface area contributed by atoms with E-state index in [1.54, 1.807) is 6.20 Å². The van der Waals surface area contributed by atoms with Crippen LogP contribution in [-0.4, -0.2) is 33.7 Å². The molecule has 4 aromatic rings. The molecule has 0 unspecified atom stereocenters. The van der Waals surface area contributed by atoms with Gasteiger partial charge in [0.25, 0.3) is 5.89 Å². The molecule has 0 N–H and O–H groups in total. The fraction of sp³-hybridized carbons (Fsp3) is 0.300. The van der Waals surface area contributed by atoms with E-state index in [2.05, 4.69) is 63.4 Å². The molecule has 2 aromatic heterocycles. The first-order chi connectivity index (χ1) is 17.1. The largest absolute Gasteiger partial charge is 0.432 e. The van der Waals surface area contributed by atoms with Crippen molar-refractivity contribution >= 4 is 5.78 Å². The minimum atomic E-state index is -0.0997. The van der Waals surface area contributed by atoms with E-state index in [4.69, 9.17) is 4.42 Å². The third-order valence-corrected chi connectivity index (χ3v) is 6.62. The van der Waals surface area contributed by atoms with Crippen molar-refractivity contribution in [1.82, 2.24) is 14.9 Å². The van der Waals surface area contributed by atoms with Crippen molar-refractivity contribution in [2.75, 3.05) is 13.1 Å². The number of pyridine rings is 1. The quantitative estimate of drug-likeness (QED) is 0.278. The highest BCUT2D eigenvalue weighted by molar-refractivity contribution is 5.92. The molecule has 0 amide bonds. The van der Waals surface area contributed by atoms with Gasteiger partial charge in [-0.05, 0) is 73.7 Å². The lowest BCUT2D eigenvalue weighted by atomic mass is 10.00. The first kappa shape index (κ1) is 23.2. The van der Waals surface area contributed by atoms with Crippen LogP contribution >= 0.6 is 0 Å². The van der Waals surface area contributed by atoms with Crippen molar-refractivity contribution in [3.63, 3.8) is 0 Å². The SMILES string of the molecule is Cc1cccc(-c2cnc(C(=O)CCc3ccc(-c4ccc(CN5CCCCC5)cc4)cc3)o2)n1. The Bertz CT molecular complexity index is 1270. The zero-order valence-electron chi connectivity index (χ0n) is 20.2. The molecule has 0 atom stereocenters. The van der Waals surface area contributed by atoms with Gasteiger partial charge in [0, 0.05) is 18.7 Å². The average molecular weight is 466 g/mol. The predicted octanol–water partition coefficient (Wildman–Crippen LogP) is 6.51. The van der Waals surface area contributed by atoms with E-state index in [-0.39, 0.29) is 11.7 Å². The Morgan fingerprint density at radius 3 is 2.26 bits per heavy atom. The highest BCUT2D eigenvalue weighted by Crippen LogP contribution is 2.23. The van der Waals surface area contributed by atoms with Crippen LogP contribution in [0.3, 0.4) is 0 Å².